The molecule has 13 heavy (non-hydrogen) atoms. The molecular formula is C8H14N4O. The molecule has 0 aliphatic carbocycles. The standard InChI is InChI=1S/C8H14N4O/c1-6(13)2-4-10-7-3-5-11-8(9)12-7/h3,5-6,13H,2,4H2,1H3,(H3,9,10,11,12). The molecule has 0 saturated carbocycles. The number of nitrogens with zero attached hydrogens (tertiary/aromatic N) is 2. The van der Waals surface area contributed by atoms with Gasteiger partial charge >= 0.3 is 0 Å². The van der Waals surface area contributed by atoms with Crippen molar-refractivity contribution in [2.75, 3.05) is 17.6 Å². The number of nitrogen functional groups attached to an aromatic ring is 1. The lowest BCUT2D eigenvalue weighted by molar-refractivity contribution is 0.188. The third kappa shape index (κ3) is 3.71. The zero-order valence-corrected chi connectivity index (χ0v) is 7.57. The number of nitrogens with two attached hydrogens (primary N) is 1. The van der Waals surface area contributed by atoms with Crippen molar-refractivity contribution in [3.63, 3.8) is 0 Å². The molecule has 0 saturated heterocycles. The largest absolute Gasteiger partial charge is 0.393 e. The topological polar surface area (TPSA) is 84.1 Å². The molecule has 0 bridgehead atoms. The van der Waals surface area contributed by atoms with Crippen molar-refractivity contribution in [2.45, 2.75) is 19.4 Å². The van der Waals surface area contributed by atoms with E-state index in [-0.39, 0.29) is 12.1 Å². The second-order valence-corrected chi connectivity index (χ2v) is 2.86. The highest BCUT2D eigenvalue weighted by molar-refractivity contribution is 5.37. The average Bonchev–Trinajstić information content (AvgIpc) is 2.03. The Morgan fingerprint density at radius 3 is 3.08 bits per heavy atom. The summed E-state index contributed by atoms with van der Waals surface area (Å²) in [5.74, 6) is 0.940. The molecular weight excluding hydrogens is 168 g/mol. The van der Waals surface area contributed by atoms with Gasteiger partial charge < -0.3 is 16.2 Å². The predicted molar refractivity (Wildman–Crippen MR) is 51.2 cm³/mol. The van der Waals surface area contributed by atoms with Gasteiger partial charge in [-0.1, -0.05) is 0 Å². The molecule has 0 spiro atoms. The van der Waals surface area contributed by atoms with Crippen LogP contribution in [-0.4, -0.2) is 27.7 Å². The maximum absolute atomic E-state index is 8.99. The molecule has 1 unspecified atom stereocenters. The molecule has 0 fully saturated rings. The van der Waals surface area contributed by atoms with Crippen LogP contribution in [0.15, 0.2) is 12.3 Å². The van der Waals surface area contributed by atoms with Crippen LogP contribution < -0.4 is 11.1 Å². The lowest BCUT2D eigenvalue weighted by Gasteiger charge is -2.06. The molecule has 0 radical (unpaired) electrons. The molecule has 1 rings (SSSR count). The number of hydrogen-bond donors (Lipinski definition) is 3. The van der Waals surface area contributed by atoms with Gasteiger partial charge in [-0.15, -0.1) is 0 Å². The Labute approximate surface area is 77.0 Å². The predicted octanol–water partition coefficient (Wildman–Crippen LogP) is 0.242. The molecule has 5 heteroatoms. The Balaban J connectivity index is 2.37. The minimum Gasteiger partial charge on any atom is -0.393 e. The van der Waals surface area contributed by atoms with Gasteiger partial charge in [0.15, 0.2) is 0 Å². The summed E-state index contributed by atoms with van der Waals surface area (Å²) in [5, 5.41) is 12.0. The van der Waals surface area contributed by atoms with Crippen LogP contribution >= 0.6 is 0 Å². The van der Waals surface area contributed by atoms with Crippen molar-refractivity contribution in [1.82, 2.24) is 9.97 Å². The summed E-state index contributed by atoms with van der Waals surface area (Å²) in [7, 11) is 0. The van der Waals surface area contributed by atoms with Gasteiger partial charge in [0.25, 0.3) is 0 Å². The molecule has 72 valence electrons. The number of aliphatic hydroxyl groups excluding tert-OH is 1. The highest BCUT2D eigenvalue weighted by Crippen LogP contribution is 2.02. The normalized spacial score (nSPS) is 12.5. The van der Waals surface area contributed by atoms with E-state index in [1.807, 2.05) is 0 Å². The molecule has 0 aliphatic heterocycles. The van der Waals surface area contributed by atoms with E-state index in [4.69, 9.17) is 10.8 Å². The molecule has 1 aromatic rings. The first-order valence-corrected chi connectivity index (χ1v) is 4.19. The van der Waals surface area contributed by atoms with Crippen molar-refractivity contribution in [1.29, 1.82) is 0 Å². The van der Waals surface area contributed by atoms with E-state index in [0.717, 1.165) is 0 Å². The number of rotatable bonds is 4. The van der Waals surface area contributed by atoms with Gasteiger partial charge in [-0.25, -0.2) is 4.98 Å². The summed E-state index contributed by atoms with van der Waals surface area (Å²) >= 11 is 0. The van der Waals surface area contributed by atoms with Gasteiger partial charge in [-0.05, 0) is 19.4 Å². The maximum Gasteiger partial charge on any atom is 0.221 e. The van der Waals surface area contributed by atoms with Gasteiger partial charge in [-0.3, -0.25) is 0 Å². The Morgan fingerprint density at radius 2 is 2.46 bits per heavy atom. The summed E-state index contributed by atoms with van der Waals surface area (Å²) in [6, 6.07) is 1.73. The molecule has 0 amide bonds. The lowest BCUT2D eigenvalue weighted by Crippen LogP contribution is -2.11. The van der Waals surface area contributed by atoms with Crippen molar-refractivity contribution in [3.05, 3.63) is 12.3 Å². The van der Waals surface area contributed by atoms with Crippen LogP contribution in [0.2, 0.25) is 0 Å². The van der Waals surface area contributed by atoms with Crippen molar-refractivity contribution in [3.8, 4) is 0 Å². The first-order valence-electron chi connectivity index (χ1n) is 4.19. The monoisotopic (exact) mass is 182 g/mol. The minimum absolute atomic E-state index is 0.252. The Kier molecular flexibility index (Phi) is 3.45. The van der Waals surface area contributed by atoms with Gasteiger partial charge in [0.2, 0.25) is 5.95 Å². The number of aromatic nitrogens is 2. The van der Waals surface area contributed by atoms with Crippen LogP contribution in [0.3, 0.4) is 0 Å². The Bertz CT molecular complexity index is 264. The average molecular weight is 182 g/mol. The van der Waals surface area contributed by atoms with Crippen LogP contribution in [0, 0.1) is 0 Å². The fourth-order valence-electron chi connectivity index (χ4n) is 0.881. The molecule has 1 atom stereocenters. The molecule has 5 nitrogen and oxygen atoms in total. The van der Waals surface area contributed by atoms with E-state index >= 15 is 0 Å². The molecule has 1 aromatic heterocycles. The van der Waals surface area contributed by atoms with E-state index in [9.17, 15) is 0 Å². The third-order valence-corrected chi connectivity index (χ3v) is 1.54. The van der Waals surface area contributed by atoms with Crippen LogP contribution in [-0.2, 0) is 0 Å². The number of aliphatic hydroxyl groups is 1. The summed E-state index contributed by atoms with van der Waals surface area (Å²) in [6.45, 7) is 2.42. The Hall–Kier alpha value is -1.36. The first-order chi connectivity index (χ1) is 6.18. The lowest BCUT2D eigenvalue weighted by atomic mass is 10.3. The van der Waals surface area contributed by atoms with Crippen molar-refractivity contribution >= 4 is 11.8 Å². The second-order valence-electron chi connectivity index (χ2n) is 2.86. The van der Waals surface area contributed by atoms with Crippen LogP contribution in [0.1, 0.15) is 13.3 Å². The Morgan fingerprint density at radius 1 is 1.69 bits per heavy atom. The van der Waals surface area contributed by atoms with E-state index in [2.05, 4.69) is 15.3 Å². The van der Waals surface area contributed by atoms with E-state index in [1.54, 1.807) is 19.2 Å². The quantitative estimate of drug-likeness (QED) is 0.621. The highest BCUT2D eigenvalue weighted by atomic mass is 16.3. The number of hydrogen-bond acceptors (Lipinski definition) is 5. The second kappa shape index (κ2) is 4.61. The third-order valence-electron chi connectivity index (χ3n) is 1.54. The molecule has 0 aromatic carbocycles. The SMILES string of the molecule is CC(O)CCNc1ccnc(N)n1. The first kappa shape index (κ1) is 9.73. The summed E-state index contributed by atoms with van der Waals surface area (Å²) in [5.41, 5.74) is 5.38. The smallest absolute Gasteiger partial charge is 0.221 e. The minimum atomic E-state index is -0.299. The zero-order valence-electron chi connectivity index (χ0n) is 7.57. The van der Waals surface area contributed by atoms with Crippen LogP contribution in [0.25, 0.3) is 0 Å². The number of anilines is 2. The zero-order chi connectivity index (χ0) is 9.68. The molecule has 4 N–H and O–H groups in total. The van der Waals surface area contributed by atoms with Gasteiger partial charge in [-0.2, -0.15) is 4.98 Å². The number of nitrogens with one attached hydrogen (secondary N) is 1. The molecule has 1 heterocycles. The van der Waals surface area contributed by atoms with Crippen LogP contribution in [0.4, 0.5) is 11.8 Å². The van der Waals surface area contributed by atoms with Gasteiger partial charge in [0.05, 0.1) is 6.10 Å². The summed E-state index contributed by atoms with van der Waals surface area (Å²) < 4.78 is 0. The highest BCUT2D eigenvalue weighted by Gasteiger charge is 1.97. The van der Waals surface area contributed by atoms with Crippen molar-refractivity contribution < 1.29 is 5.11 Å². The fraction of sp³-hybridized carbons (Fsp3) is 0.500. The summed E-state index contributed by atoms with van der Waals surface area (Å²) in [4.78, 5) is 7.70. The van der Waals surface area contributed by atoms with Gasteiger partial charge in [0.1, 0.15) is 5.82 Å². The maximum atomic E-state index is 8.99. The van der Waals surface area contributed by atoms with Gasteiger partial charge in [0, 0.05) is 12.7 Å². The van der Waals surface area contributed by atoms with E-state index < -0.39 is 0 Å². The summed E-state index contributed by atoms with van der Waals surface area (Å²) in [6.07, 6.45) is 1.98. The molecule has 0 aliphatic rings. The fourth-order valence-corrected chi connectivity index (χ4v) is 0.881. The van der Waals surface area contributed by atoms with Crippen LogP contribution in [0.5, 0.6) is 0 Å². The van der Waals surface area contributed by atoms with E-state index in [1.165, 1.54) is 0 Å². The van der Waals surface area contributed by atoms with Crippen molar-refractivity contribution in [2.24, 2.45) is 0 Å². The van der Waals surface area contributed by atoms with E-state index in [0.29, 0.717) is 18.8 Å².